The van der Waals surface area contributed by atoms with E-state index in [0.29, 0.717) is 40.3 Å². The molecule has 0 spiro atoms. The number of carbonyl (C=O) groups is 2. The molecule has 7 heteroatoms. The third-order valence-electron chi connectivity index (χ3n) is 5.29. The first kappa shape index (κ1) is 20.4. The van der Waals surface area contributed by atoms with Crippen LogP contribution in [0.1, 0.15) is 30.9 Å². The van der Waals surface area contributed by atoms with E-state index >= 15 is 0 Å². The Morgan fingerprint density at radius 2 is 1.80 bits per heavy atom. The van der Waals surface area contributed by atoms with Crippen molar-refractivity contribution >= 4 is 39.1 Å². The van der Waals surface area contributed by atoms with Crippen molar-refractivity contribution in [1.29, 1.82) is 0 Å². The Labute approximate surface area is 183 Å². The van der Waals surface area contributed by atoms with Gasteiger partial charge in [-0.2, -0.15) is 0 Å². The van der Waals surface area contributed by atoms with Crippen molar-refractivity contribution in [3.8, 4) is 5.75 Å². The maximum Gasteiger partial charge on any atom is 0.262 e. The first-order valence-electron chi connectivity index (χ1n) is 9.76. The molecule has 0 fully saturated rings. The fourth-order valence-corrected chi connectivity index (χ4v) is 4.20. The molecule has 2 heterocycles. The van der Waals surface area contributed by atoms with Gasteiger partial charge in [-0.25, -0.2) is 0 Å². The number of methoxy groups -OCH3 is 1. The van der Waals surface area contributed by atoms with E-state index in [-0.39, 0.29) is 11.8 Å². The second-order valence-electron chi connectivity index (χ2n) is 7.17. The number of fused-ring (bicyclic) bond motifs is 1. The Balaban J connectivity index is 1.98. The summed E-state index contributed by atoms with van der Waals surface area (Å²) in [5.74, 6) is -0.0147. The molecule has 1 unspecified atom stereocenters. The summed E-state index contributed by atoms with van der Waals surface area (Å²) in [6, 6.07) is 14.8. The number of nitrogens with one attached hydrogen (secondary N) is 1. The Kier molecular flexibility index (Phi) is 5.49. The molecule has 154 valence electrons. The summed E-state index contributed by atoms with van der Waals surface area (Å²) in [4.78, 5) is 28.2. The third kappa shape index (κ3) is 3.24. The van der Waals surface area contributed by atoms with Gasteiger partial charge in [-0.05, 0) is 36.2 Å². The van der Waals surface area contributed by atoms with Gasteiger partial charge in [0.15, 0.2) is 0 Å². The highest BCUT2D eigenvalue weighted by molar-refractivity contribution is 9.10. The molecule has 0 bridgehead atoms. The van der Waals surface area contributed by atoms with Gasteiger partial charge in [0.25, 0.3) is 11.8 Å². The van der Waals surface area contributed by atoms with Gasteiger partial charge in [0.2, 0.25) is 0 Å². The Morgan fingerprint density at radius 3 is 2.47 bits per heavy atom. The van der Waals surface area contributed by atoms with Gasteiger partial charge in [0.05, 0.1) is 35.8 Å². The number of hydrogen-bond donors (Lipinski definition) is 2. The smallest absolute Gasteiger partial charge is 0.262 e. The maximum atomic E-state index is 13.6. The lowest BCUT2D eigenvalue weighted by Gasteiger charge is -2.28. The molecule has 1 atom stereocenters. The topological polar surface area (TPSA) is 84.7 Å². The van der Waals surface area contributed by atoms with Crippen LogP contribution < -0.4 is 15.8 Å². The number of halogens is 1. The van der Waals surface area contributed by atoms with E-state index in [1.54, 1.807) is 18.1 Å². The van der Waals surface area contributed by atoms with Gasteiger partial charge in [-0.3, -0.25) is 14.5 Å². The van der Waals surface area contributed by atoms with Crippen molar-refractivity contribution in [3.05, 3.63) is 75.3 Å². The molecule has 0 saturated carbocycles. The third-order valence-corrected chi connectivity index (χ3v) is 5.82. The van der Waals surface area contributed by atoms with Crippen LogP contribution in [0.15, 0.2) is 64.1 Å². The summed E-state index contributed by atoms with van der Waals surface area (Å²) in [5, 5.41) is 2.89. The zero-order chi connectivity index (χ0) is 21.4. The molecule has 0 saturated heterocycles. The second-order valence-corrected chi connectivity index (χ2v) is 8.08. The van der Waals surface area contributed by atoms with Gasteiger partial charge >= 0.3 is 0 Å². The quantitative estimate of drug-likeness (QED) is 0.678. The van der Waals surface area contributed by atoms with E-state index in [4.69, 9.17) is 10.5 Å². The van der Waals surface area contributed by atoms with E-state index in [9.17, 15) is 9.59 Å². The zero-order valence-corrected chi connectivity index (χ0v) is 18.3. The van der Waals surface area contributed by atoms with Crippen molar-refractivity contribution < 1.29 is 14.3 Å². The molecule has 6 nitrogen and oxygen atoms in total. The summed E-state index contributed by atoms with van der Waals surface area (Å²) < 4.78 is 6.44. The maximum absolute atomic E-state index is 13.6. The van der Waals surface area contributed by atoms with Crippen molar-refractivity contribution in [3.63, 3.8) is 0 Å². The van der Waals surface area contributed by atoms with E-state index < -0.39 is 6.17 Å². The predicted molar refractivity (Wildman–Crippen MR) is 119 cm³/mol. The van der Waals surface area contributed by atoms with Crippen LogP contribution in [0, 0.1) is 0 Å². The number of para-hydroxylation sites is 1. The molecule has 30 heavy (non-hydrogen) atoms. The number of nitrogens with two attached hydrogens (primary N) is 1. The van der Waals surface area contributed by atoms with Crippen LogP contribution in [0.5, 0.6) is 5.75 Å². The highest BCUT2D eigenvalue weighted by Crippen LogP contribution is 2.45. The predicted octanol–water partition coefficient (Wildman–Crippen LogP) is 3.64. The normalized spacial score (nSPS) is 16.9. The molecule has 2 aliphatic rings. The van der Waals surface area contributed by atoms with Crippen molar-refractivity contribution in [2.24, 2.45) is 5.73 Å². The molecule has 0 aromatic heterocycles. The average molecular weight is 468 g/mol. The van der Waals surface area contributed by atoms with E-state index in [2.05, 4.69) is 21.2 Å². The number of benzene rings is 2. The molecule has 2 aromatic carbocycles. The van der Waals surface area contributed by atoms with Crippen LogP contribution in [0.2, 0.25) is 0 Å². The molecule has 2 aliphatic heterocycles. The summed E-state index contributed by atoms with van der Waals surface area (Å²) in [6.45, 7) is 2.01. The fraction of sp³-hybridized carbons (Fsp3) is 0.217. The number of rotatable bonds is 6. The van der Waals surface area contributed by atoms with Gasteiger partial charge in [-0.15, -0.1) is 0 Å². The van der Waals surface area contributed by atoms with Gasteiger partial charge in [-0.1, -0.05) is 53.5 Å². The minimum Gasteiger partial charge on any atom is -0.496 e. The summed E-state index contributed by atoms with van der Waals surface area (Å²) >= 11 is 3.42. The first-order chi connectivity index (χ1) is 14.5. The Bertz CT molecular complexity index is 1090. The lowest BCUT2D eigenvalue weighted by molar-refractivity contribution is -0.124. The molecule has 4 rings (SSSR count). The summed E-state index contributed by atoms with van der Waals surface area (Å²) in [5.41, 5.74) is 9.55. The van der Waals surface area contributed by atoms with Crippen LogP contribution in [0.4, 0.5) is 0 Å². The number of nitrogens with zero attached hydrogens (tertiary/aromatic N) is 1. The van der Waals surface area contributed by atoms with Crippen LogP contribution in [0.25, 0.3) is 11.4 Å². The molecule has 0 aliphatic carbocycles. The summed E-state index contributed by atoms with van der Waals surface area (Å²) in [6.07, 6.45) is 0.872. The largest absolute Gasteiger partial charge is 0.496 e. The lowest BCUT2D eigenvalue weighted by atomic mass is 10.0. The fourth-order valence-electron chi connectivity index (χ4n) is 3.94. The monoisotopic (exact) mass is 467 g/mol. The average Bonchev–Trinajstić information content (AvgIpc) is 3.24. The highest BCUT2D eigenvalue weighted by Gasteiger charge is 2.47. The van der Waals surface area contributed by atoms with Crippen LogP contribution in [-0.4, -0.2) is 30.0 Å². The minimum atomic E-state index is -0.549. The number of ether oxygens (including phenoxy) is 1. The summed E-state index contributed by atoms with van der Waals surface area (Å²) in [7, 11) is 1.57. The van der Waals surface area contributed by atoms with Gasteiger partial charge in [0, 0.05) is 10.0 Å². The molecular formula is C23H22BrN3O3. The standard InChI is InChI=1S/C23H22BrN3O3/c1-3-6-17(25)27-21(15-7-4-5-8-16(15)30-2)19-18(23(27)29)20(26-22(19)28)13-9-11-14(24)12-10-13/h4-5,7-12,17H,3,6,25H2,1-2H3,(H,26,28). The molecule has 2 aromatic rings. The second kappa shape index (κ2) is 8.08. The van der Waals surface area contributed by atoms with Crippen LogP contribution in [-0.2, 0) is 9.59 Å². The number of hydrogen-bond acceptors (Lipinski definition) is 4. The minimum absolute atomic E-state index is 0.275. The van der Waals surface area contributed by atoms with Crippen molar-refractivity contribution in [2.75, 3.05) is 7.11 Å². The highest BCUT2D eigenvalue weighted by atomic mass is 79.9. The van der Waals surface area contributed by atoms with Crippen LogP contribution in [0.3, 0.4) is 0 Å². The van der Waals surface area contributed by atoms with E-state index in [1.165, 1.54) is 0 Å². The molecule has 0 radical (unpaired) electrons. The van der Waals surface area contributed by atoms with Crippen molar-refractivity contribution in [2.45, 2.75) is 25.9 Å². The van der Waals surface area contributed by atoms with Gasteiger partial charge in [0.1, 0.15) is 5.75 Å². The molecule has 2 amide bonds. The van der Waals surface area contributed by atoms with Crippen molar-refractivity contribution in [1.82, 2.24) is 10.2 Å². The number of amides is 2. The van der Waals surface area contributed by atoms with E-state index in [0.717, 1.165) is 16.5 Å². The first-order valence-corrected chi connectivity index (χ1v) is 10.6. The van der Waals surface area contributed by atoms with E-state index in [1.807, 2.05) is 49.4 Å². The number of carbonyl (C=O) groups excluding carboxylic acids is 2. The Hall–Kier alpha value is -2.90. The van der Waals surface area contributed by atoms with Crippen LogP contribution >= 0.6 is 15.9 Å². The molecule has 3 N–H and O–H groups in total. The molecular weight excluding hydrogens is 446 g/mol. The SMILES string of the molecule is CCCC(N)N1C(=O)C2=C(c3ccc(Br)cc3)NC(=O)C2=C1c1ccccc1OC. The lowest BCUT2D eigenvalue weighted by Crippen LogP contribution is -2.43. The van der Waals surface area contributed by atoms with Gasteiger partial charge < -0.3 is 15.8 Å². The Morgan fingerprint density at radius 1 is 1.10 bits per heavy atom. The zero-order valence-electron chi connectivity index (χ0n) is 16.7.